The van der Waals surface area contributed by atoms with E-state index in [-0.39, 0.29) is 29.0 Å². The molecule has 1 aromatic carbocycles. The van der Waals surface area contributed by atoms with E-state index >= 15 is 0 Å². The second-order valence-electron chi connectivity index (χ2n) is 9.85. The van der Waals surface area contributed by atoms with E-state index in [0.717, 1.165) is 31.9 Å². The first-order chi connectivity index (χ1) is 17.8. The molecule has 1 saturated carbocycles. The third-order valence-electron chi connectivity index (χ3n) is 7.11. The Morgan fingerprint density at radius 1 is 1.30 bits per heavy atom. The molecule has 0 bridgehead atoms. The monoisotopic (exact) mass is 504 g/mol. The van der Waals surface area contributed by atoms with Gasteiger partial charge in [-0.25, -0.2) is 18.7 Å². The summed E-state index contributed by atoms with van der Waals surface area (Å²) in [5.41, 5.74) is 7.70. The highest BCUT2D eigenvalue weighted by molar-refractivity contribution is 6.12. The van der Waals surface area contributed by atoms with Gasteiger partial charge in [-0.05, 0) is 58.2 Å². The fourth-order valence-electron chi connectivity index (χ4n) is 5.07. The molecule has 9 heteroatoms. The molecule has 1 aliphatic carbocycles. The molecule has 3 N–H and O–H groups in total. The van der Waals surface area contributed by atoms with Crippen molar-refractivity contribution in [1.82, 2.24) is 24.8 Å². The SMILES string of the molecule is CC=CN1C[C@H](n2c(C#CC3CC3)c(C(=O)N[C@H](C)c3cccc(F)c3F)c3c(N)ncnc32)C[C@@H]1C. The minimum absolute atomic E-state index is 0.00569. The Balaban J connectivity index is 1.63. The third-order valence-corrected chi connectivity index (χ3v) is 7.11. The van der Waals surface area contributed by atoms with E-state index in [9.17, 15) is 13.6 Å². The maximum atomic E-state index is 14.5. The van der Waals surface area contributed by atoms with Gasteiger partial charge in [0.15, 0.2) is 11.6 Å². The minimum Gasteiger partial charge on any atom is -0.383 e. The molecule has 0 spiro atoms. The first-order valence-corrected chi connectivity index (χ1v) is 12.6. The highest BCUT2D eigenvalue weighted by Gasteiger charge is 2.35. The molecule has 1 saturated heterocycles. The normalized spacial score (nSPS) is 20.3. The molecule has 37 heavy (non-hydrogen) atoms. The average molecular weight is 505 g/mol. The summed E-state index contributed by atoms with van der Waals surface area (Å²) in [6, 6.07) is 3.41. The van der Waals surface area contributed by atoms with Gasteiger partial charge in [0.2, 0.25) is 0 Å². The van der Waals surface area contributed by atoms with Crippen LogP contribution in [0.15, 0.2) is 36.8 Å². The molecule has 2 aromatic heterocycles. The largest absolute Gasteiger partial charge is 0.383 e. The number of aromatic nitrogens is 3. The minimum atomic E-state index is -0.988. The molecule has 3 aromatic rings. The number of allylic oxidation sites excluding steroid dienone is 1. The maximum Gasteiger partial charge on any atom is 0.255 e. The lowest BCUT2D eigenvalue weighted by atomic mass is 10.1. The summed E-state index contributed by atoms with van der Waals surface area (Å²) >= 11 is 0. The highest BCUT2D eigenvalue weighted by atomic mass is 19.2. The topological polar surface area (TPSA) is 89.1 Å². The lowest BCUT2D eigenvalue weighted by Gasteiger charge is -2.18. The van der Waals surface area contributed by atoms with E-state index in [1.54, 1.807) is 6.92 Å². The Kier molecular flexibility index (Phi) is 6.59. The van der Waals surface area contributed by atoms with Crippen LogP contribution in [0.4, 0.5) is 14.6 Å². The summed E-state index contributed by atoms with van der Waals surface area (Å²) in [5.74, 6) is 4.58. The molecule has 7 nitrogen and oxygen atoms in total. The smallest absolute Gasteiger partial charge is 0.255 e. The number of hydrogen-bond donors (Lipinski definition) is 2. The molecule has 2 aliphatic rings. The predicted octanol–water partition coefficient (Wildman–Crippen LogP) is 4.71. The molecule has 3 atom stereocenters. The number of nitrogens with zero attached hydrogens (tertiary/aromatic N) is 4. The van der Waals surface area contributed by atoms with Crippen molar-refractivity contribution < 1.29 is 13.6 Å². The fraction of sp³-hybridized carbons (Fsp3) is 0.393. The number of fused-ring (bicyclic) bond motifs is 1. The number of nitrogens with one attached hydrogen (secondary N) is 1. The fourth-order valence-corrected chi connectivity index (χ4v) is 5.07. The summed E-state index contributed by atoms with van der Waals surface area (Å²) in [6.07, 6.45) is 8.36. The van der Waals surface area contributed by atoms with Gasteiger partial charge < -0.3 is 20.5 Å². The van der Waals surface area contributed by atoms with Crippen molar-refractivity contribution >= 4 is 22.8 Å². The van der Waals surface area contributed by atoms with Crippen LogP contribution in [0.2, 0.25) is 0 Å². The van der Waals surface area contributed by atoms with Gasteiger partial charge in [0.1, 0.15) is 23.5 Å². The van der Waals surface area contributed by atoms with Crippen molar-refractivity contribution in [3.05, 3.63) is 65.3 Å². The summed E-state index contributed by atoms with van der Waals surface area (Å²) in [6.45, 7) is 6.48. The third kappa shape index (κ3) is 4.64. The number of nitrogens with two attached hydrogens (primary N) is 1. The van der Waals surface area contributed by atoms with Crippen LogP contribution in [0.3, 0.4) is 0 Å². The first kappa shape index (κ1) is 24.8. The van der Waals surface area contributed by atoms with E-state index in [1.165, 1.54) is 18.5 Å². The zero-order chi connectivity index (χ0) is 26.3. The first-order valence-electron chi connectivity index (χ1n) is 12.6. The van der Waals surface area contributed by atoms with E-state index in [2.05, 4.69) is 45.1 Å². The van der Waals surface area contributed by atoms with E-state index in [0.29, 0.717) is 22.6 Å². The average Bonchev–Trinajstić information content (AvgIpc) is 3.54. The molecule has 3 heterocycles. The van der Waals surface area contributed by atoms with Gasteiger partial charge in [-0.3, -0.25) is 4.79 Å². The Morgan fingerprint density at radius 2 is 2.08 bits per heavy atom. The number of likely N-dealkylation sites (tertiary alicyclic amines) is 1. The van der Waals surface area contributed by atoms with Gasteiger partial charge in [0.05, 0.1) is 23.0 Å². The van der Waals surface area contributed by atoms with Gasteiger partial charge in [-0.15, -0.1) is 0 Å². The van der Waals surface area contributed by atoms with Gasteiger partial charge in [0.25, 0.3) is 5.91 Å². The number of rotatable bonds is 5. The molecule has 2 fully saturated rings. The molecule has 0 radical (unpaired) electrons. The van der Waals surface area contributed by atoms with Crippen LogP contribution < -0.4 is 11.1 Å². The number of anilines is 1. The highest BCUT2D eigenvalue weighted by Crippen LogP contribution is 2.37. The van der Waals surface area contributed by atoms with Crippen LogP contribution in [-0.2, 0) is 0 Å². The Labute approximate surface area is 214 Å². The Hall–Kier alpha value is -3.93. The number of halogens is 2. The van der Waals surface area contributed by atoms with Crippen LogP contribution in [0.1, 0.15) is 73.7 Å². The van der Waals surface area contributed by atoms with Crippen LogP contribution in [0.5, 0.6) is 0 Å². The molecule has 192 valence electrons. The quantitative estimate of drug-likeness (QED) is 0.491. The zero-order valence-electron chi connectivity index (χ0n) is 21.1. The maximum absolute atomic E-state index is 14.5. The summed E-state index contributed by atoms with van der Waals surface area (Å²) in [4.78, 5) is 24.7. The molecular formula is C28H30F2N6O. The van der Waals surface area contributed by atoms with Crippen LogP contribution >= 0.6 is 0 Å². The van der Waals surface area contributed by atoms with Gasteiger partial charge >= 0.3 is 0 Å². The predicted molar refractivity (Wildman–Crippen MR) is 138 cm³/mol. The number of nitrogen functional groups attached to an aromatic ring is 1. The van der Waals surface area contributed by atoms with Crippen LogP contribution in [-0.4, -0.2) is 37.9 Å². The van der Waals surface area contributed by atoms with E-state index < -0.39 is 23.6 Å². The second kappa shape index (κ2) is 9.85. The Morgan fingerprint density at radius 3 is 2.81 bits per heavy atom. The number of hydrogen-bond acceptors (Lipinski definition) is 5. The lowest BCUT2D eigenvalue weighted by molar-refractivity contribution is 0.0940. The molecule has 5 rings (SSSR count). The van der Waals surface area contributed by atoms with Gasteiger partial charge in [-0.2, -0.15) is 0 Å². The number of carbonyl (C=O) groups is 1. The van der Waals surface area contributed by atoms with Crippen molar-refractivity contribution in [2.24, 2.45) is 5.92 Å². The van der Waals surface area contributed by atoms with E-state index in [4.69, 9.17) is 5.73 Å². The van der Waals surface area contributed by atoms with Crippen LogP contribution in [0, 0.1) is 29.4 Å². The summed E-state index contributed by atoms with van der Waals surface area (Å²) < 4.78 is 30.3. The summed E-state index contributed by atoms with van der Waals surface area (Å²) in [7, 11) is 0. The van der Waals surface area contributed by atoms with Crippen molar-refractivity contribution in [2.45, 2.75) is 58.2 Å². The van der Waals surface area contributed by atoms with Gasteiger partial charge in [0, 0.05) is 24.1 Å². The second-order valence-corrected chi connectivity index (χ2v) is 9.85. The standard InChI is InChI=1S/C28H30F2N6O/c1-4-12-35-14-19(13-16(35)2)36-22(11-10-18-8-9-18)23(24-26(31)32-15-33-27(24)36)28(37)34-17(3)20-6-5-7-21(29)25(20)30/h4-7,12,15-19H,8-9,13-14H2,1-3H3,(H,34,37)(H2,31,32,33)/t16-,17+,19+/m0/s1. The number of carbonyl (C=O) groups excluding carboxylic acids is 1. The molecule has 1 aliphatic heterocycles. The van der Waals surface area contributed by atoms with Crippen molar-refractivity contribution in [2.75, 3.05) is 12.3 Å². The van der Waals surface area contributed by atoms with E-state index in [1.807, 2.05) is 17.6 Å². The zero-order valence-corrected chi connectivity index (χ0v) is 21.1. The molecule has 1 amide bonds. The summed E-state index contributed by atoms with van der Waals surface area (Å²) in [5, 5.41) is 3.25. The molecular weight excluding hydrogens is 474 g/mol. The van der Waals surface area contributed by atoms with Gasteiger partial charge in [-0.1, -0.05) is 24.1 Å². The molecule has 0 unspecified atom stereocenters. The Bertz CT molecular complexity index is 1450. The van der Waals surface area contributed by atoms with Crippen molar-refractivity contribution in [3.63, 3.8) is 0 Å². The van der Waals surface area contributed by atoms with Crippen LogP contribution in [0.25, 0.3) is 11.0 Å². The van der Waals surface area contributed by atoms with Crippen molar-refractivity contribution in [3.8, 4) is 11.8 Å². The number of benzene rings is 1. The lowest BCUT2D eigenvalue weighted by Crippen LogP contribution is -2.28. The van der Waals surface area contributed by atoms with Crippen molar-refractivity contribution in [1.29, 1.82) is 0 Å². The number of amides is 1.